The van der Waals surface area contributed by atoms with Gasteiger partial charge >= 0.3 is 0 Å². The summed E-state index contributed by atoms with van der Waals surface area (Å²) in [5.74, 6) is -1.18. The van der Waals surface area contributed by atoms with E-state index >= 15 is 0 Å². The third-order valence-corrected chi connectivity index (χ3v) is 6.57. The summed E-state index contributed by atoms with van der Waals surface area (Å²) in [6, 6.07) is 12.3. The van der Waals surface area contributed by atoms with Crippen LogP contribution in [0, 0.1) is 5.82 Å². The highest BCUT2D eigenvalue weighted by molar-refractivity contribution is 7.92. The van der Waals surface area contributed by atoms with Gasteiger partial charge in [-0.1, -0.05) is 36.4 Å². The number of carbonyl (C=O) groups is 1. The first-order chi connectivity index (χ1) is 14.3. The van der Waals surface area contributed by atoms with Gasteiger partial charge < -0.3 is 5.32 Å². The monoisotopic (exact) mass is 433 g/mol. The second-order valence-electron chi connectivity index (χ2n) is 7.66. The van der Waals surface area contributed by atoms with E-state index in [2.05, 4.69) is 10.2 Å². The Hall–Kier alpha value is -2.45. The quantitative estimate of drug-likeness (QED) is 0.695. The van der Waals surface area contributed by atoms with Crippen LogP contribution in [0.25, 0.3) is 0 Å². The van der Waals surface area contributed by atoms with Crippen LogP contribution in [0.2, 0.25) is 0 Å². The minimum atomic E-state index is -3.87. The lowest BCUT2D eigenvalue weighted by Gasteiger charge is -2.28. The molecule has 1 saturated heterocycles. The third kappa shape index (κ3) is 5.37. The van der Waals surface area contributed by atoms with Gasteiger partial charge in [-0.25, -0.2) is 12.8 Å². The van der Waals surface area contributed by atoms with Gasteiger partial charge in [-0.2, -0.15) is 0 Å². The van der Waals surface area contributed by atoms with Crippen LogP contribution in [0.4, 0.5) is 10.1 Å². The maximum absolute atomic E-state index is 14.2. The molecule has 0 radical (unpaired) electrons. The lowest BCUT2D eigenvalue weighted by atomic mass is 10.1. The molecule has 1 aliphatic rings. The molecule has 8 heteroatoms. The van der Waals surface area contributed by atoms with E-state index in [4.69, 9.17) is 0 Å². The molecular formula is C22H28FN3O3S. The van der Waals surface area contributed by atoms with Gasteiger partial charge in [0, 0.05) is 13.1 Å². The van der Waals surface area contributed by atoms with Crippen LogP contribution in [0.5, 0.6) is 0 Å². The van der Waals surface area contributed by atoms with Gasteiger partial charge in [0.15, 0.2) is 0 Å². The largest absolute Gasteiger partial charge is 0.350 e. The first kappa shape index (κ1) is 22.2. The second kappa shape index (κ2) is 9.57. The molecule has 0 bridgehead atoms. The number of nitrogens with zero attached hydrogens (tertiary/aromatic N) is 2. The van der Waals surface area contributed by atoms with Crippen molar-refractivity contribution >= 4 is 21.6 Å². The summed E-state index contributed by atoms with van der Waals surface area (Å²) >= 11 is 0. The Labute approximate surface area is 177 Å². The molecule has 3 rings (SSSR count). The predicted molar refractivity (Wildman–Crippen MR) is 116 cm³/mol. The number of sulfonamides is 1. The lowest BCUT2D eigenvalue weighted by Crippen LogP contribution is -2.48. The van der Waals surface area contributed by atoms with Crippen molar-refractivity contribution in [3.63, 3.8) is 0 Å². The molecule has 6 nitrogen and oxygen atoms in total. The fraction of sp³-hybridized carbons (Fsp3) is 0.409. The molecule has 0 aromatic heterocycles. The minimum absolute atomic E-state index is 0.142. The highest BCUT2D eigenvalue weighted by atomic mass is 32.2. The van der Waals surface area contributed by atoms with Crippen LogP contribution >= 0.6 is 0 Å². The van der Waals surface area contributed by atoms with Crippen LogP contribution in [-0.2, 0) is 27.9 Å². The number of rotatable bonds is 8. The van der Waals surface area contributed by atoms with Crippen LogP contribution in [0.3, 0.4) is 0 Å². The van der Waals surface area contributed by atoms with E-state index in [0.29, 0.717) is 0 Å². The van der Waals surface area contributed by atoms with Crippen LogP contribution in [0.15, 0.2) is 48.5 Å². The lowest BCUT2D eigenvalue weighted by molar-refractivity contribution is -0.122. The SMILES string of the molecule is C[C@H](C(=O)NCc1ccccc1CN1CCCC1)N(c1ccccc1F)S(C)(=O)=O. The van der Waals surface area contributed by atoms with Crippen molar-refractivity contribution in [3.8, 4) is 0 Å². The Morgan fingerprint density at radius 3 is 2.33 bits per heavy atom. The van der Waals surface area contributed by atoms with E-state index in [9.17, 15) is 17.6 Å². The first-order valence-corrected chi connectivity index (χ1v) is 11.9. The van der Waals surface area contributed by atoms with E-state index in [0.717, 1.165) is 41.3 Å². The number of hydrogen-bond acceptors (Lipinski definition) is 4. The second-order valence-corrected chi connectivity index (χ2v) is 9.52. The topological polar surface area (TPSA) is 69.7 Å². The molecular weight excluding hydrogens is 405 g/mol. The van der Waals surface area contributed by atoms with Gasteiger partial charge in [-0.05, 0) is 56.1 Å². The molecule has 0 aliphatic carbocycles. The average molecular weight is 434 g/mol. The summed E-state index contributed by atoms with van der Waals surface area (Å²) in [6.07, 6.45) is 3.37. The van der Waals surface area contributed by atoms with Gasteiger partial charge in [0.2, 0.25) is 15.9 Å². The molecule has 0 saturated carbocycles. The van der Waals surface area contributed by atoms with Gasteiger partial charge in [0.05, 0.1) is 11.9 Å². The molecule has 0 spiro atoms. The van der Waals surface area contributed by atoms with Crippen LogP contribution in [-0.4, -0.2) is 44.6 Å². The Bertz CT molecular complexity index is 991. The van der Waals surface area contributed by atoms with Crippen molar-refractivity contribution in [2.45, 2.75) is 38.9 Å². The number of para-hydroxylation sites is 1. The van der Waals surface area contributed by atoms with E-state index in [-0.39, 0.29) is 12.2 Å². The van der Waals surface area contributed by atoms with Crippen molar-refractivity contribution in [1.29, 1.82) is 0 Å². The van der Waals surface area contributed by atoms with Gasteiger partial charge in [-0.3, -0.25) is 14.0 Å². The third-order valence-electron chi connectivity index (χ3n) is 5.34. The Morgan fingerprint density at radius 2 is 1.70 bits per heavy atom. The molecule has 2 aromatic carbocycles. The molecule has 1 fully saturated rings. The van der Waals surface area contributed by atoms with Crippen LogP contribution in [0.1, 0.15) is 30.9 Å². The minimum Gasteiger partial charge on any atom is -0.350 e. The zero-order chi connectivity index (χ0) is 21.7. The summed E-state index contributed by atoms with van der Waals surface area (Å²) in [7, 11) is -3.87. The highest BCUT2D eigenvalue weighted by Crippen LogP contribution is 2.24. The van der Waals surface area contributed by atoms with Crippen molar-refractivity contribution in [1.82, 2.24) is 10.2 Å². The number of likely N-dealkylation sites (tertiary alicyclic amines) is 1. The average Bonchev–Trinajstić information content (AvgIpc) is 3.21. The number of halogens is 1. The standard InChI is InChI=1S/C22H28FN3O3S/c1-17(26(30(2,28)29)21-12-6-5-11-20(21)23)22(27)24-15-18-9-3-4-10-19(18)16-25-13-7-8-14-25/h3-6,9-12,17H,7-8,13-16H2,1-2H3,(H,24,27)/t17-/m1/s1. The Morgan fingerprint density at radius 1 is 1.10 bits per heavy atom. The predicted octanol–water partition coefficient (Wildman–Crippen LogP) is 2.89. The number of hydrogen-bond donors (Lipinski definition) is 1. The maximum atomic E-state index is 14.2. The van der Waals surface area contributed by atoms with Crippen molar-refractivity contribution < 1.29 is 17.6 Å². The molecule has 162 valence electrons. The van der Waals surface area contributed by atoms with E-state index in [1.807, 2.05) is 24.3 Å². The summed E-state index contributed by atoms with van der Waals surface area (Å²) in [5, 5.41) is 2.82. The van der Waals surface area contributed by atoms with Crippen molar-refractivity contribution in [2.24, 2.45) is 0 Å². The van der Waals surface area contributed by atoms with Gasteiger partial charge in [0.25, 0.3) is 0 Å². The number of nitrogens with one attached hydrogen (secondary N) is 1. The summed E-state index contributed by atoms with van der Waals surface area (Å²) in [4.78, 5) is 15.2. The molecule has 1 heterocycles. The van der Waals surface area contributed by atoms with Crippen molar-refractivity contribution in [3.05, 3.63) is 65.5 Å². The molecule has 1 atom stereocenters. The Kier molecular flexibility index (Phi) is 7.10. The summed E-state index contributed by atoms with van der Waals surface area (Å²) < 4.78 is 39.7. The number of amides is 1. The van der Waals surface area contributed by atoms with E-state index in [1.165, 1.54) is 44.0 Å². The van der Waals surface area contributed by atoms with E-state index in [1.54, 1.807) is 0 Å². The molecule has 1 aliphatic heterocycles. The zero-order valence-electron chi connectivity index (χ0n) is 17.3. The molecule has 0 unspecified atom stereocenters. The molecule has 1 N–H and O–H groups in total. The van der Waals surface area contributed by atoms with Crippen LogP contribution < -0.4 is 9.62 Å². The molecule has 30 heavy (non-hydrogen) atoms. The Balaban J connectivity index is 1.73. The normalized spacial score (nSPS) is 15.7. The fourth-order valence-corrected chi connectivity index (χ4v) is 4.98. The van der Waals surface area contributed by atoms with Crippen molar-refractivity contribution in [2.75, 3.05) is 23.7 Å². The van der Waals surface area contributed by atoms with Gasteiger partial charge in [0.1, 0.15) is 11.9 Å². The summed E-state index contributed by atoms with van der Waals surface area (Å²) in [6.45, 7) is 4.71. The zero-order valence-corrected chi connectivity index (χ0v) is 18.2. The van der Waals surface area contributed by atoms with E-state index < -0.39 is 27.8 Å². The fourth-order valence-electron chi connectivity index (χ4n) is 3.81. The number of benzene rings is 2. The maximum Gasteiger partial charge on any atom is 0.243 e. The number of anilines is 1. The highest BCUT2D eigenvalue weighted by Gasteiger charge is 2.30. The molecule has 2 aromatic rings. The summed E-state index contributed by atoms with van der Waals surface area (Å²) in [5.41, 5.74) is 1.99. The van der Waals surface area contributed by atoms with Gasteiger partial charge in [-0.15, -0.1) is 0 Å². The number of carbonyl (C=O) groups excluding carboxylic acids is 1. The molecule has 1 amide bonds. The smallest absolute Gasteiger partial charge is 0.243 e. The first-order valence-electron chi connectivity index (χ1n) is 10.1.